The van der Waals surface area contributed by atoms with Crippen LogP contribution in [0.3, 0.4) is 0 Å². The number of benzene rings is 8. The van der Waals surface area contributed by atoms with Crippen molar-refractivity contribution in [1.29, 1.82) is 0 Å². The van der Waals surface area contributed by atoms with E-state index in [1.807, 2.05) is 0 Å². The predicted octanol–water partition coefficient (Wildman–Crippen LogP) is 14.6. The Balaban J connectivity index is 1.22. The molecule has 1 aromatic heterocycles. The number of hydrogen-bond acceptors (Lipinski definition) is 1. The molecule has 270 valence electrons. The maximum Gasteiger partial charge on any atom is 0.0561 e. The first kappa shape index (κ1) is 33.0. The summed E-state index contributed by atoms with van der Waals surface area (Å²) >= 11 is 0. The van der Waals surface area contributed by atoms with E-state index >= 15 is 0 Å². The van der Waals surface area contributed by atoms with E-state index in [1.165, 1.54) is 102 Å². The number of aryl methyl sites for hydroxylation is 1. The molecule has 0 spiro atoms. The van der Waals surface area contributed by atoms with Gasteiger partial charge in [-0.3, -0.25) is 0 Å². The Morgan fingerprint density at radius 2 is 1.18 bits per heavy atom. The SMILES string of the molecule is CC1(C)c2ccccc2-c2c(-c3cccc4c3CCCCC4)cc(N(c3ccc4ccccc4c3)c3ccc4c5ccccc5n(-c5ccccc5)c4c3)cc21. The summed E-state index contributed by atoms with van der Waals surface area (Å²) in [6, 6.07) is 63.6. The van der Waals surface area contributed by atoms with Crippen molar-refractivity contribution in [3.05, 3.63) is 192 Å². The third-order valence-electron chi connectivity index (χ3n) is 12.8. The second kappa shape index (κ2) is 12.9. The van der Waals surface area contributed by atoms with Crippen LogP contribution < -0.4 is 4.90 Å². The maximum atomic E-state index is 2.52. The average Bonchev–Trinajstić information content (AvgIpc) is 3.54. The molecule has 8 aromatic carbocycles. The second-order valence-electron chi connectivity index (χ2n) is 16.3. The highest BCUT2D eigenvalue weighted by molar-refractivity contribution is 6.10. The zero-order valence-electron chi connectivity index (χ0n) is 32.1. The van der Waals surface area contributed by atoms with Crippen molar-refractivity contribution < 1.29 is 0 Å². The van der Waals surface area contributed by atoms with Crippen LogP contribution in [-0.2, 0) is 18.3 Å². The summed E-state index contributed by atoms with van der Waals surface area (Å²) in [6.45, 7) is 4.84. The van der Waals surface area contributed by atoms with Gasteiger partial charge in [-0.1, -0.05) is 136 Å². The summed E-state index contributed by atoms with van der Waals surface area (Å²) in [7, 11) is 0. The molecule has 2 heteroatoms. The van der Waals surface area contributed by atoms with Gasteiger partial charge >= 0.3 is 0 Å². The third-order valence-corrected chi connectivity index (χ3v) is 12.8. The number of rotatable bonds is 5. The normalized spacial score (nSPS) is 14.4. The summed E-state index contributed by atoms with van der Waals surface area (Å²) in [6.07, 6.45) is 6.09. The summed E-state index contributed by atoms with van der Waals surface area (Å²) in [5.74, 6) is 0. The fourth-order valence-corrected chi connectivity index (χ4v) is 10.1. The van der Waals surface area contributed by atoms with Crippen LogP contribution in [0.2, 0.25) is 0 Å². The van der Waals surface area contributed by atoms with E-state index in [-0.39, 0.29) is 5.41 Å². The molecule has 9 aromatic rings. The lowest BCUT2D eigenvalue weighted by Gasteiger charge is -2.30. The molecule has 11 rings (SSSR count). The summed E-state index contributed by atoms with van der Waals surface area (Å²) in [4.78, 5) is 2.52. The van der Waals surface area contributed by atoms with Crippen LogP contribution in [0.15, 0.2) is 170 Å². The lowest BCUT2D eigenvalue weighted by molar-refractivity contribution is 0.660. The summed E-state index contributed by atoms with van der Waals surface area (Å²) in [5, 5.41) is 5.00. The summed E-state index contributed by atoms with van der Waals surface area (Å²) in [5.41, 5.74) is 18.2. The van der Waals surface area contributed by atoms with Gasteiger partial charge in [-0.05, 0) is 136 Å². The monoisotopic (exact) mass is 720 g/mol. The lowest BCUT2D eigenvalue weighted by Crippen LogP contribution is -2.17. The molecule has 0 unspecified atom stereocenters. The van der Waals surface area contributed by atoms with Gasteiger partial charge in [-0.25, -0.2) is 0 Å². The average molecular weight is 721 g/mol. The van der Waals surface area contributed by atoms with Crippen molar-refractivity contribution in [3.8, 4) is 27.9 Å². The molecule has 0 fully saturated rings. The minimum atomic E-state index is -0.166. The molecule has 0 amide bonds. The van der Waals surface area contributed by atoms with E-state index in [0.29, 0.717) is 0 Å². The number of nitrogens with zero attached hydrogens (tertiary/aromatic N) is 2. The van der Waals surface area contributed by atoms with Crippen molar-refractivity contribution >= 4 is 49.6 Å². The highest BCUT2D eigenvalue weighted by atomic mass is 15.1. The van der Waals surface area contributed by atoms with Crippen LogP contribution in [0, 0.1) is 0 Å². The van der Waals surface area contributed by atoms with Gasteiger partial charge in [0.1, 0.15) is 0 Å². The minimum Gasteiger partial charge on any atom is -0.310 e. The molecule has 2 aliphatic carbocycles. The van der Waals surface area contributed by atoms with Gasteiger partial charge < -0.3 is 9.47 Å². The maximum absolute atomic E-state index is 2.52. The number of aromatic nitrogens is 1. The molecule has 1 heterocycles. The van der Waals surface area contributed by atoms with Crippen molar-refractivity contribution in [2.75, 3.05) is 4.90 Å². The van der Waals surface area contributed by atoms with Gasteiger partial charge in [-0.2, -0.15) is 0 Å². The highest BCUT2D eigenvalue weighted by Crippen LogP contribution is 2.55. The van der Waals surface area contributed by atoms with Crippen LogP contribution in [0.5, 0.6) is 0 Å². The molecule has 0 saturated carbocycles. The van der Waals surface area contributed by atoms with Crippen molar-refractivity contribution in [1.82, 2.24) is 4.57 Å². The first-order chi connectivity index (χ1) is 27.5. The smallest absolute Gasteiger partial charge is 0.0561 e. The Bertz CT molecular complexity index is 2980. The molecule has 0 N–H and O–H groups in total. The Labute approximate surface area is 329 Å². The topological polar surface area (TPSA) is 8.17 Å². The van der Waals surface area contributed by atoms with E-state index in [0.717, 1.165) is 29.9 Å². The largest absolute Gasteiger partial charge is 0.310 e. The number of anilines is 3. The van der Waals surface area contributed by atoms with E-state index < -0.39 is 0 Å². The van der Waals surface area contributed by atoms with Gasteiger partial charge in [-0.15, -0.1) is 0 Å². The number of fused-ring (bicyclic) bond motifs is 8. The van der Waals surface area contributed by atoms with Gasteiger partial charge in [0, 0.05) is 38.9 Å². The Morgan fingerprint density at radius 3 is 2.09 bits per heavy atom. The van der Waals surface area contributed by atoms with Crippen molar-refractivity contribution in [2.24, 2.45) is 0 Å². The predicted molar refractivity (Wildman–Crippen MR) is 237 cm³/mol. The Hall–Kier alpha value is -6.38. The Kier molecular flexibility index (Phi) is 7.57. The second-order valence-corrected chi connectivity index (χ2v) is 16.3. The van der Waals surface area contributed by atoms with Crippen LogP contribution in [0.25, 0.3) is 60.5 Å². The van der Waals surface area contributed by atoms with Gasteiger partial charge in [0.15, 0.2) is 0 Å². The third kappa shape index (κ3) is 5.09. The molecule has 0 aliphatic heterocycles. The fourth-order valence-electron chi connectivity index (χ4n) is 10.1. The lowest BCUT2D eigenvalue weighted by atomic mass is 9.81. The molecule has 0 bridgehead atoms. The molecule has 0 atom stereocenters. The molecule has 56 heavy (non-hydrogen) atoms. The van der Waals surface area contributed by atoms with Crippen LogP contribution in [0.1, 0.15) is 55.4 Å². The zero-order valence-corrected chi connectivity index (χ0v) is 32.1. The number of hydrogen-bond donors (Lipinski definition) is 0. The quantitative estimate of drug-likeness (QED) is 0.161. The molecule has 0 saturated heterocycles. The van der Waals surface area contributed by atoms with Crippen LogP contribution >= 0.6 is 0 Å². The van der Waals surface area contributed by atoms with E-state index in [2.05, 4.69) is 193 Å². The first-order valence-corrected chi connectivity index (χ1v) is 20.3. The van der Waals surface area contributed by atoms with Gasteiger partial charge in [0.25, 0.3) is 0 Å². The number of para-hydroxylation sites is 2. The fraction of sp³-hybridized carbons (Fsp3) is 0.148. The van der Waals surface area contributed by atoms with E-state index in [4.69, 9.17) is 0 Å². The molecule has 0 radical (unpaired) electrons. The van der Waals surface area contributed by atoms with Crippen molar-refractivity contribution in [2.45, 2.75) is 51.4 Å². The standard InChI is InChI=1S/C54H44N2/c1-54(2)49-26-13-11-24-47(49)53-48(44-25-15-19-37-17-5-3-8-22-43(37)44)33-42(34-50(53)54)55(40-29-28-36-16-9-10-18-38(36)32-40)41-30-31-46-45-23-12-14-27-51(45)56(52(46)35-41)39-20-6-4-7-21-39/h4,6-7,9-16,18-21,23-35H,3,5,8,17,22H2,1-2H3. The molecule has 2 nitrogen and oxygen atoms in total. The Morgan fingerprint density at radius 1 is 0.464 bits per heavy atom. The van der Waals surface area contributed by atoms with E-state index in [1.54, 1.807) is 0 Å². The van der Waals surface area contributed by atoms with Crippen LogP contribution in [0.4, 0.5) is 17.1 Å². The summed E-state index contributed by atoms with van der Waals surface area (Å²) < 4.78 is 2.43. The molecular weight excluding hydrogens is 677 g/mol. The van der Waals surface area contributed by atoms with Gasteiger partial charge in [0.05, 0.1) is 11.0 Å². The highest BCUT2D eigenvalue weighted by Gasteiger charge is 2.38. The molecular formula is C54H44N2. The minimum absolute atomic E-state index is 0.166. The molecule has 2 aliphatic rings. The zero-order chi connectivity index (χ0) is 37.4. The van der Waals surface area contributed by atoms with E-state index in [9.17, 15) is 0 Å². The first-order valence-electron chi connectivity index (χ1n) is 20.3. The van der Waals surface area contributed by atoms with Crippen molar-refractivity contribution in [3.63, 3.8) is 0 Å². The van der Waals surface area contributed by atoms with Crippen LogP contribution in [-0.4, -0.2) is 4.57 Å². The van der Waals surface area contributed by atoms with Gasteiger partial charge in [0.2, 0.25) is 0 Å².